The lowest BCUT2D eigenvalue weighted by molar-refractivity contribution is -0.132. The molecule has 1 aromatic carbocycles. The van der Waals surface area contributed by atoms with Crippen LogP contribution in [0.15, 0.2) is 48.1 Å². The van der Waals surface area contributed by atoms with Gasteiger partial charge in [0.2, 0.25) is 5.91 Å². The number of anilines is 1. The molecule has 0 radical (unpaired) electrons. The van der Waals surface area contributed by atoms with Gasteiger partial charge in [-0.05, 0) is 61.6 Å². The summed E-state index contributed by atoms with van der Waals surface area (Å²) in [5.41, 5.74) is 3.10. The molecule has 3 aliphatic heterocycles. The number of piperidine rings is 1. The van der Waals surface area contributed by atoms with Gasteiger partial charge in [0, 0.05) is 37.9 Å². The Labute approximate surface area is 223 Å². The lowest BCUT2D eigenvalue weighted by atomic mass is 10.0. The fourth-order valence-electron chi connectivity index (χ4n) is 5.94. The van der Waals surface area contributed by atoms with Crippen molar-refractivity contribution in [2.45, 2.75) is 63.3 Å². The summed E-state index contributed by atoms with van der Waals surface area (Å²) in [6.45, 7) is 3.09. The van der Waals surface area contributed by atoms with Crippen molar-refractivity contribution in [1.82, 2.24) is 20.0 Å². The second kappa shape index (κ2) is 10.8. The fourth-order valence-corrected chi connectivity index (χ4v) is 5.94. The van der Waals surface area contributed by atoms with Crippen LogP contribution in [-0.2, 0) is 16.1 Å². The first-order valence-corrected chi connectivity index (χ1v) is 14.0. The Balaban J connectivity index is 1.06. The average Bonchev–Trinajstić information content (AvgIpc) is 3.79. The first-order valence-electron chi connectivity index (χ1n) is 14.0. The number of fused-ring (bicyclic) bond motifs is 1. The predicted molar refractivity (Wildman–Crippen MR) is 143 cm³/mol. The van der Waals surface area contributed by atoms with Gasteiger partial charge >= 0.3 is 12.1 Å². The minimum Gasteiger partial charge on any atom is -0.369 e. The number of amides is 5. The molecular formula is C29H37N5O4. The monoisotopic (exact) mass is 519 g/mol. The molecule has 3 heterocycles. The van der Waals surface area contributed by atoms with Gasteiger partial charge in [-0.2, -0.15) is 0 Å². The maximum absolute atomic E-state index is 13.5. The zero-order valence-electron chi connectivity index (χ0n) is 21.8. The number of carbonyl (C=O) groups excluding carboxylic acids is 3. The molecule has 2 atom stereocenters. The first kappa shape index (κ1) is 25.0. The summed E-state index contributed by atoms with van der Waals surface area (Å²) < 4.78 is 6.22. The molecule has 2 aliphatic carbocycles. The molecule has 9 heteroatoms. The van der Waals surface area contributed by atoms with Gasteiger partial charge < -0.3 is 30.1 Å². The van der Waals surface area contributed by atoms with E-state index in [0.717, 1.165) is 49.1 Å². The van der Waals surface area contributed by atoms with Crippen molar-refractivity contribution in [3.63, 3.8) is 0 Å². The molecule has 0 aromatic heterocycles. The van der Waals surface area contributed by atoms with Crippen LogP contribution >= 0.6 is 0 Å². The molecule has 0 bridgehead atoms. The molecule has 9 nitrogen and oxygen atoms in total. The van der Waals surface area contributed by atoms with Crippen LogP contribution in [-0.4, -0.2) is 83.6 Å². The lowest BCUT2D eigenvalue weighted by Crippen LogP contribution is -2.56. The highest BCUT2D eigenvalue weighted by Crippen LogP contribution is 2.31. The molecule has 6 rings (SSSR count). The molecule has 0 spiro atoms. The molecule has 3 fully saturated rings. The lowest BCUT2D eigenvalue weighted by Gasteiger charge is -2.40. The minimum absolute atomic E-state index is 0.0494. The third-order valence-electron chi connectivity index (χ3n) is 8.38. The number of nitrogens with zero attached hydrogens (tertiary/aromatic N) is 3. The number of ether oxygens (including phenoxy) is 1. The van der Waals surface area contributed by atoms with E-state index in [0.29, 0.717) is 44.9 Å². The van der Waals surface area contributed by atoms with E-state index in [1.165, 1.54) is 0 Å². The van der Waals surface area contributed by atoms with Crippen molar-refractivity contribution in [3.8, 4) is 0 Å². The number of nitrogens with one attached hydrogen (secondary N) is 2. The molecule has 5 aliphatic rings. The van der Waals surface area contributed by atoms with E-state index in [-0.39, 0.29) is 36.7 Å². The van der Waals surface area contributed by atoms with Crippen molar-refractivity contribution in [3.05, 3.63) is 53.6 Å². The van der Waals surface area contributed by atoms with Crippen molar-refractivity contribution >= 4 is 23.7 Å². The molecule has 5 amide bonds. The number of carbonyl (C=O) groups is 3. The maximum atomic E-state index is 13.5. The van der Waals surface area contributed by atoms with Crippen LogP contribution in [0.25, 0.3) is 0 Å². The molecule has 2 saturated heterocycles. The Hall–Kier alpha value is -3.33. The van der Waals surface area contributed by atoms with Gasteiger partial charge in [0.1, 0.15) is 6.04 Å². The Morgan fingerprint density at radius 3 is 2.66 bits per heavy atom. The molecule has 1 aromatic rings. The van der Waals surface area contributed by atoms with Gasteiger partial charge in [0.05, 0.1) is 19.3 Å². The second-order valence-corrected chi connectivity index (χ2v) is 11.1. The zero-order chi connectivity index (χ0) is 26.1. The third-order valence-corrected chi connectivity index (χ3v) is 8.38. The van der Waals surface area contributed by atoms with E-state index in [1.807, 2.05) is 34.1 Å². The van der Waals surface area contributed by atoms with Crippen LogP contribution in [0.5, 0.6) is 0 Å². The number of para-hydroxylation sites is 1. The normalized spacial score (nSPS) is 26.4. The first-order chi connectivity index (χ1) is 18.5. The number of allylic oxidation sites excluding steroid dienone is 2. The van der Waals surface area contributed by atoms with E-state index in [9.17, 15) is 14.4 Å². The van der Waals surface area contributed by atoms with Crippen LogP contribution < -0.4 is 10.6 Å². The number of rotatable bonds is 5. The second-order valence-electron chi connectivity index (χ2n) is 11.1. The summed E-state index contributed by atoms with van der Waals surface area (Å²) in [5, 5.41) is 5.97. The SMILES string of the molecule is O=C(N[C@@H]1COC(C2=CCCC=C2)CN(CC2CC2)C1=O)N1CCC(N2Cc3ccccc3NC2=O)CC1. The van der Waals surface area contributed by atoms with E-state index in [2.05, 4.69) is 28.9 Å². The Morgan fingerprint density at radius 1 is 1.08 bits per heavy atom. The van der Waals surface area contributed by atoms with E-state index >= 15 is 0 Å². The quantitative estimate of drug-likeness (QED) is 0.623. The number of likely N-dealkylation sites (tertiary alicyclic amines) is 1. The standard InChI is InChI=1S/C29H37N5O4/c35-27-25(19-38-26(21-6-2-1-3-7-21)18-33(27)16-20-10-11-20)31-28(36)32-14-12-23(13-15-32)34-17-22-8-4-5-9-24(22)30-29(34)37/h2,4-9,20,23,25-26H,1,3,10-19H2,(H,30,37)(H,31,36)/t25-,26?/m1/s1. The van der Waals surface area contributed by atoms with Gasteiger partial charge in [0.25, 0.3) is 0 Å². The fraction of sp³-hybridized carbons (Fsp3) is 0.552. The van der Waals surface area contributed by atoms with Crippen molar-refractivity contribution in [2.24, 2.45) is 5.92 Å². The van der Waals surface area contributed by atoms with E-state index in [4.69, 9.17) is 4.74 Å². The topological polar surface area (TPSA) is 94.2 Å². The van der Waals surface area contributed by atoms with Gasteiger partial charge in [-0.15, -0.1) is 0 Å². The van der Waals surface area contributed by atoms with Crippen molar-refractivity contribution < 1.29 is 19.1 Å². The van der Waals surface area contributed by atoms with Gasteiger partial charge in [-0.25, -0.2) is 9.59 Å². The zero-order valence-corrected chi connectivity index (χ0v) is 21.8. The van der Waals surface area contributed by atoms with Crippen LogP contribution in [0.3, 0.4) is 0 Å². The summed E-state index contributed by atoms with van der Waals surface area (Å²) >= 11 is 0. The summed E-state index contributed by atoms with van der Waals surface area (Å²) in [7, 11) is 0. The van der Waals surface area contributed by atoms with Crippen LogP contribution in [0, 0.1) is 5.92 Å². The smallest absolute Gasteiger partial charge is 0.322 e. The molecule has 1 saturated carbocycles. The number of hydrogen-bond acceptors (Lipinski definition) is 4. The Bertz CT molecular complexity index is 1140. The van der Waals surface area contributed by atoms with Gasteiger partial charge in [-0.1, -0.05) is 36.4 Å². The highest BCUT2D eigenvalue weighted by molar-refractivity contribution is 5.92. The largest absolute Gasteiger partial charge is 0.369 e. The molecule has 38 heavy (non-hydrogen) atoms. The highest BCUT2D eigenvalue weighted by Gasteiger charge is 2.38. The van der Waals surface area contributed by atoms with Crippen LogP contribution in [0.1, 0.15) is 44.1 Å². The van der Waals surface area contributed by atoms with Crippen molar-refractivity contribution in [2.75, 3.05) is 38.1 Å². The third kappa shape index (κ3) is 5.43. The van der Waals surface area contributed by atoms with Crippen molar-refractivity contribution in [1.29, 1.82) is 0 Å². The number of urea groups is 2. The number of benzene rings is 1. The van der Waals surface area contributed by atoms with Gasteiger partial charge in [0.15, 0.2) is 0 Å². The van der Waals surface area contributed by atoms with Crippen LogP contribution in [0.2, 0.25) is 0 Å². The highest BCUT2D eigenvalue weighted by atomic mass is 16.5. The van der Waals surface area contributed by atoms with E-state index < -0.39 is 6.04 Å². The summed E-state index contributed by atoms with van der Waals surface area (Å²) in [6.07, 6.45) is 12.1. The molecule has 2 N–H and O–H groups in total. The molecule has 202 valence electrons. The van der Waals surface area contributed by atoms with Crippen LogP contribution in [0.4, 0.5) is 15.3 Å². The maximum Gasteiger partial charge on any atom is 0.322 e. The average molecular weight is 520 g/mol. The summed E-state index contributed by atoms with van der Waals surface area (Å²) in [4.78, 5) is 45.0. The molecular weight excluding hydrogens is 482 g/mol. The van der Waals surface area contributed by atoms with Gasteiger partial charge in [-0.3, -0.25) is 4.79 Å². The summed E-state index contributed by atoms with van der Waals surface area (Å²) in [5.74, 6) is 0.509. The summed E-state index contributed by atoms with van der Waals surface area (Å²) in [6, 6.07) is 6.92. The minimum atomic E-state index is -0.693. The van der Waals surface area contributed by atoms with E-state index in [1.54, 1.807) is 4.90 Å². The molecule has 1 unspecified atom stereocenters. The number of hydrogen-bond donors (Lipinski definition) is 2. The Morgan fingerprint density at radius 2 is 1.89 bits per heavy atom. The Kier molecular flexibility index (Phi) is 7.10. The predicted octanol–water partition coefficient (Wildman–Crippen LogP) is 3.49.